The Morgan fingerprint density at radius 1 is 1.64 bits per heavy atom. The minimum Gasteiger partial charge on any atom is -0.863 e. The van der Waals surface area contributed by atoms with E-state index in [4.69, 9.17) is 0 Å². The van der Waals surface area contributed by atoms with Crippen LogP contribution in [-0.4, -0.2) is 15.0 Å². The van der Waals surface area contributed by atoms with Crippen molar-refractivity contribution in [2.24, 2.45) is 0 Å². The van der Waals surface area contributed by atoms with E-state index in [0.717, 1.165) is 0 Å². The van der Waals surface area contributed by atoms with Gasteiger partial charge in [0.05, 0.1) is 5.69 Å². The van der Waals surface area contributed by atoms with Crippen molar-refractivity contribution in [1.82, 2.24) is 9.97 Å². The molecule has 1 aromatic rings. The van der Waals surface area contributed by atoms with Crippen LogP contribution in [0.4, 0.5) is 0 Å². The first-order valence-electron chi connectivity index (χ1n) is 2.71. The fourth-order valence-electron chi connectivity index (χ4n) is 0.570. The summed E-state index contributed by atoms with van der Waals surface area (Å²) in [6.07, 6.45) is 1.52. The SMILES string of the molecule is Cc1nccc(C([O-])=S)n1.[K+]. The molecule has 0 N–H and O–H groups in total. The molecule has 0 bridgehead atoms. The van der Waals surface area contributed by atoms with Crippen molar-refractivity contribution < 1.29 is 56.5 Å². The molecule has 11 heavy (non-hydrogen) atoms. The molecule has 1 heterocycles. The molecule has 0 fully saturated rings. The molecule has 0 radical (unpaired) electrons. The monoisotopic (exact) mass is 192 g/mol. The van der Waals surface area contributed by atoms with Gasteiger partial charge in [0.25, 0.3) is 0 Å². The van der Waals surface area contributed by atoms with E-state index in [1.54, 1.807) is 6.92 Å². The summed E-state index contributed by atoms with van der Waals surface area (Å²) >= 11 is 4.38. The molecule has 5 heteroatoms. The molecule has 52 valence electrons. The molecule has 0 aliphatic rings. The molecule has 0 spiro atoms. The first-order chi connectivity index (χ1) is 4.70. The van der Waals surface area contributed by atoms with Crippen molar-refractivity contribution in [3.05, 3.63) is 23.8 Å². The number of thiocarbonyl (C=S) groups is 1. The standard InChI is InChI=1S/C6H6N2OS.K/c1-4-7-3-2-5(8-4)6(9)10;/h2-3H,1H3,(H,9,10);/q;+1/p-1. The van der Waals surface area contributed by atoms with Gasteiger partial charge in [-0.3, -0.25) is 0 Å². The van der Waals surface area contributed by atoms with Gasteiger partial charge in [0.15, 0.2) is 0 Å². The van der Waals surface area contributed by atoms with Gasteiger partial charge < -0.3 is 5.11 Å². The van der Waals surface area contributed by atoms with Gasteiger partial charge in [0, 0.05) is 6.20 Å². The predicted octanol–water partition coefficient (Wildman–Crippen LogP) is -3.18. The van der Waals surface area contributed by atoms with E-state index < -0.39 is 5.05 Å². The molecular formula is C6H5KN2OS. The van der Waals surface area contributed by atoms with E-state index in [2.05, 4.69) is 22.2 Å². The zero-order chi connectivity index (χ0) is 7.56. The van der Waals surface area contributed by atoms with Crippen molar-refractivity contribution >= 4 is 17.3 Å². The van der Waals surface area contributed by atoms with Crippen LogP contribution in [-0.2, 0) is 0 Å². The zero-order valence-electron chi connectivity index (χ0n) is 6.37. The van der Waals surface area contributed by atoms with E-state index in [-0.39, 0.29) is 51.4 Å². The molecule has 3 nitrogen and oxygen atoms in total. The third-order valence-corrected chi connectivity index (χ3v) is 1.19. The van der Waals surface area contributed by atoms with Crippen molar-refractivity contribution in [3.8, 4) is 0 Å². The molecule has 0 aromatic carbocycles. The van der Waals surface area contributed by atoms with Crippen LogP contribution in [0, 0.1) is 6.92 Å². The van der Waals surface area contributed by atoms with Gasteiger partial charge in [0.2, 0.25) is 0 Å². The van der Waals surface area contributed by atoms with Gasteiger partial charge in [-0.05, 0) is 18.0 Å². The molecule has 1 rings (SSSR count). The summed E-state index contributed by atoms with van der Waals surface area (Å²) in [7, 11) is 0. The molecule has 0 aliphatic heterocycles. The Morgan fingerprint density at radius 3 is 2.64 bits per heavy atom. The van der Waals surface area contributed by atoms with Crippen LogP contribution in [0.5, 0.6) is 0 Å². The average Bonchev–Trinajstić information content (AvgIpc) is 1.88. The molecule has 0 unspecified atom stereocenters. The number of rotatable bonds is 1. The fourth-order valence-corrected chi connectivity index (χ4v) is 0.684. The smallest absolute Gasteiger partial charge is 0.863 e. The Bertz CT molecular complexity index is 267. The number of hydrogen-bond donors (Lipinski definition) is 0. The topological polar surface area (TPSA) is 48.8 Å². The van der Waals surface area contributed by atoms with Gasteiger partial charge >= 0.3 is 51.4 Å². The van der Waals surface area contributed by atoms with E-state index in [9.17, 15) is 5.11 Å². The van der Waals surface area contributed by atoms with Gasteiger partial charge in [-0.15, -0.1) is 0 Å². The van der Waals surface area contributed by atoms with Crippen molar-refractivity contribution in [2.75, 3.05) is 0 Å². The van der Waals surface area contributed by atoms with Gasteiger partial charge in [0.1, 0.15) is 5.82 Å². The first kappa shape index (κ1) is 11.6. The number of aryl methyl sites for hydroxylation is 1. The molecule has 0 aliphatic carbocycles. The van der Waals surface area contributed by atoms with Crippen LogP contribution in [0.1, 0.15) is 11.5 Å². The van der Waals surface area contributed by atoms with E-state index in [1.165, 1.54) is 12.3 Å². The second-order valence-electron chi connectivity index (χ2n) is 1.78. The Morgan fingerprint density at radius 2 is 2.27 bits per heavy atom. The molecular weight excluding hydrogens is 187 g/mol. The number of nitrogens with zero attached hydrogens (tertiary/aromatic N) is 2. The van der Waals surface area contributed by atoms with Gasteiger partial charge in [-0.25, -0.2) is 9.97 Å². The summed E-state index contributed by atoms with van der Waals surface area (Å²) in [6, 6.07) is 1.50. The van der Waals surface area contributed by atoms with Crippen LogP contribution in [0.2, 0.25) is 0 Å². The van der Waals surface area contributed by atoms with Gasteiger partial charge in [-0.2, -0.15) is 0 Å². The maximum Gasteiger partial charge on any atom is 1.00 e. The van der Waals surface area contributed by atoms with Crippen LogP contribution in [0.15, 0.2) is 12.3 Å². The Kier molecular flexibility index (Phi) is 5.58. The van der Waals surface area contributed by atoms with Crippen LogP contribution in [0.3, 0.4) is 0 Å². The third-order valence-electron chi connectivity index (χ3n) is 0.985. The zero-order valence-corrected chi connectivity index (χ0v) is 10.3. The summed E-state index contributed by atoms with van der Waals surface area (Å²) in [6.45, 7) is 1.71. The normalized spacial score (nSPS) is 8.45. The minimum absolute atomic E-state index is 0. The molecule has 0 amide bonds. The Hall–Kier alpha value is 0.606. The van der Waals surface area contributed by atoms with Crippen molar-refractivity contribution in [2.45, 2.75) is 6.92 Å². The number of aromatic nitrogens is 2. The largest absolute Gasteiger partial charge is 1.00 e. The Balaban J connectivity index is 0.000001000. The summed E-state index contributed by atoms with van der Waals surface area (Å²) in [4.78, 5) is 7.62. The van der Waals surface area contributed by atoms with E-state index in [0.29, 0.717) is 11.5 Å². The molecule has 1 aromatic heterocycles. The summed E-state index contributed by atoms with van der Waals surface area (Å²) < 4.78 is 0. The minimum atomic E-state index is -0.439. The quantitative estimate of drug-likeness (QED) is 0.348. The summed E-state index contributed by atoms with van der Waals surface area (Å²) in [5.74, 6) is 0.565. The Labute approximate surface area is 113 Å². The summed E-state index contributed by atoms with van der Waals surface area (Å²) in [5, 5.41) is 10.1. The molecule has 0 atom stereocenters. The molecule has 0 saturated heterocycles. The van der Waals surface area contributed by atoms with Crippen LogP contribution in [0.25, 0.3) is 0 Å². The van der Waals surface area contributed by atoms with Crippen LogP contribution < -0.4 is 56.5 Å². The fraction of sp³-hybridized carbons (Fsp3) is 0.167. The van der Waals surface area contributed by atoms with Crippen molar-refractivity contribution in [3.63, 3.8) is 0 Å². The predicted molar refractivity (Wildman–Crippen MR) is 38.5 cm³/mol. The third kappa shape index (κ3) is 3.68. The first-order valence-corrected chi connectivity index (χ1v) is 3.12. The molecule has 0 saturated carbocycles. The second kappa shape index (κ2) is 5.29. The average molecular weight is 192 g/mol. The maximum absolute atomic E-state index is 10.5. The summed E-state index contributed by atoms with van der Waals surface area (Å²) in [5.41, 5.74) is 0.294. The second-order valence-corrected chi connectivity index (χ2v) is 2.15. The van der Waals surface area contributed by atoms with E-state index >= 15 is 0 Å². The van der Waals surface area contributed by atoms with Crippen molar-refractivity contribution in [1.29, 1.82) is 0 Å². The van der Waals surface area contributed by atoms with E-state index in [1.807, 2.05) is 0 Å². The van der Waals surface area contributed by atoms with Gasteiger partial charge in [-0.1, -0.05) is 12.2 Å². The maximum atomic E-state index is 10.5. The van der Waals surface area contributed by atoms with Crippen LogP contribution >= 0.6 is 12.2 Å². The number of hydrogen-bond acceptors (Lipinski definition) is 4.